The molecule has 0 bridgehead atoms. The number of halogens is 1. The van der Waals surface area contributed by atoms with E-state index in [2.05, 4.69) is 51.2 Å². The van der Waals surface area contributed by atoms with Gasteiger partial charge in [-0.05, 0) is 24.3 Å². The molecule has 3 aromatic rings. The Morgan fingerprint density at radius 2 is 1.53 bits per heavy atom. The minimum Gasteiger partial charge on any atom is -0.248 e. The predicted octanol–water partition coefficient (Wildman–Crippen LogP) is 4.66. The number of hydrogen-bond acceptors (Lipinski definition) is 1. The zero-order valence-corrected chi connectivity index (χ0v) is 10.7. The average Bonchev–Trinajstić information content (AvgIpc) is 2.39. The summed E-state index contributed by atoms with van der Waals surface area (Å²) in [4.78, 5) is 4.66. The maximum atomic E-state index is 4.66. The molecule has 0 saturated heterocycles. The molecular weight excluding hydrogens is 274 g/mol. The highest BCUT2D eigenvalue weighted by Gasteiger charge is 2.00. The van der Waals surface area contributed by atoms with Crippen molar-refractivity contribution < 1.29 is 0 Å². The van der Waals surface area contributed by atoms with Crippen LogP contribution in [0.2, 0.25) is 0 Å². The molecule has 0 aliphatic rings. The number of rotatable bonds is 1. The number of nitrogens with zero attached hydrogens (tertiary/aromatic N) is 1. The van der Waals surface area contributed by atoms with E-state index in [1.54, 1.807) is 0 Å². The first-order chi connectivity index (χ1) is 8.33. The molecule has 3 rings (SSSR count). The molecule has 0 N–H and O–H groups in total. The van der Waals surface area contributed by atoms with Crippen LogP contribution in [0.4, 0.5) is 0 Å². The number of pyridine rings is 1. The van der Waals surface area contributed by atoms with Crippen molar-refractivity contribution in [1.29, 1.82) is 0 Å². The molecular formula is C15H10BrN. The highest BCUT2D eigenvalue weighted by atomic mass is 79.9. The number of hydrogen-bond donors (Lipinski definition) is 0. The van der Waals surface area contributed by atoms with Gasteiger partial charge in [-0.1, -0.05) is 52.3 Å². The van der Waals surface area contributed by atoms with E-state index >= 15 is 0 Å². The van der Waals surface area contributed by atoms with Gasteiger partial charge in [-0.2, -0.15) is 0 Å². The second-order valence-corrected chi connectivity index (χ2v) is 4.81. The fraction of sp³-hybridized carbons (Fsp3) is 0. The van der Waals surface area contributed by atoms with E-state index in [1.807, 2.05) is 30.3 Å². The fourth-order valence-corrected chi connectivity index (χ4v) is 2.11. The summed E-state index contributed by atoms with van der Waals surface area (Å²) in [6, 6.07) is 20.5. The lowest BCUT2D eigenvalue weighted by Gasteiger charge is -2.03. The number of benzene rings is 2. The third-order valence-electron chi connectivity index (χ3n) is 2.74. The summed E-state index contributed by atoms with van der Waals surface area (Å²) in [6.45, 7) is 0. The van der Waals surface area contributed by atoms with Crippen LogP contribution in [0, 0.1) is 0 Å². The molecule has 1 heterocycles. The van der Waals surface area contributed by atoms with E-state index < -0.39 is 0 Å². The minimum atomic E-state index is 1.01. The molecule has 0 amide bonds. The van der Waals surface area contributed by atoms with Gasteiger partial charge in [0.15, 0.2) is 0 Å². The SMILES string of the molecule is Brc1ccc(-c2ccc3ccccc3n2)cc1. The largest absolute Gasteiger partial charge is 0.248 e. The van der Waals surface area contributed by atoms with Crippen molar-refractivity contribution in [2.75, 3.05) is 0 Å². The van der Waals surface area contributed by atoms with E-state index in [0.29, 0.717) is 0 Å². The van der Waals surface area contributed by atoms with Crippen molar-refractivity contribution in [3.8, 4) is 11.3 Å². The lowest BCUT2D eigenvalue weighted by molar-refractivity contribution is 1.40. The van der Waals surface area contributed by atoms with E-state index in [9.17, 15) is 0 Å². The molecule has 82 valence electrons. The third kappa shape index (κ3) is 2.08. The molecule has 0 atom stereocenters. The normalized spacial score (nSPS) is 10.6. The molecule has 0 aliphatic carbocycles. The molecule has 2 aromatic carbocycles. The molecule has 0 aliphatic heterocycles. The van der Waals surface area contributed by atoms with Crippen LogP contribution < -0.4 is 0 Å². The Kier molecular flexibility index (Phi) is 2.65. The second-order valence-electron chi connectivity index (χ2n) is 3.90. The van der Waals surface area contributed by atoms with E-state index in [-0.39, 0.29) is 0 Å². The van der Waals surface area contributed by atoms with Gasteiger partial charge in [0.05, 0.1) is 11.2 Å². The van der Waals surface area contributed by atoms with E-state index in [1.165, 1.54) is 5.39 Å². The zero-order chi connectivity index (χ0) is 11.7. The first kappa shape index (κ1) is 10.5. The van der Waals surface area contributed by atoms with Gasteiger partial charge in [0.2, 0.25) is 0 Å². The van der Waals surface area contributed by atoms with Crippen LogP contribution >= 0.6 is 15.9 Å². The topological polar surface area (TPSA) is 12.9 Å². The van der Waals surface area contributed by atoms with Crippen LogP contribution in [0.5, 0.6) is 0 Å². The lowest BCUT2D eigenvalue weighted by atomic mass is 10.1. The van der Waals surface area contributed by atoms with Gasteiger partial charge in [-0.15, -0.1) is 0 Å². The Morgan fingerprint density at radius 1 is 0.765 bits per heavy atom. The van der Waals surface area contributed by atoms with E-state index in [4.69, 9.17) is 0 Å². The Hall–Kier alpha value is -1.67. The second kappa shape index (κ2) is 4.30. The highest BCUT2D eigenvalue weighted by molar-refractivity contribution is 9.10. The van der Waals surface area contributed by atoms with Gasteiger partial charge >= 0.3 is 0 Å². The zero-order valence-electron chi connectivity index (χ0n) is 9.10. The monoisotopic (exact) mass is 283 g/mol. The van der Waals surface area contributed by atoms with Crippen LogP contribution in [-0.2, 0) is 0 Å². The van der Waals surface area contributed by atoms with Crippen molar-refractivity contribution in [1.82, 2.24) is 4.98 Å². The van der Waals surface area contributed by atoms with Crippen LogP contribution in [-0.4, -0.2) is 4.98 Å². The van der Waals surface area contributed by atoms with Gasteiger partial charge in [0.25, 0.3) is 0 Å². The maximum absolute atomic E-state index is 4.66. The lowest BCUT2D eigenvalue weighted by Crippen LogP contribution is -1.84. The summed E-state index contributed by atoms with van der Waals surface area (Å²) < 4.78 is 1.09. The van der Waals surface area contributed by atoms with Crippen molar-refractivity contribution in [3.63, 3.8) is 0 Å². The number of para-hydroxylation sites is 1. The van der Waals surface area contributed by atoms with Gasteiger partial charge in [-0.3, -0.25) is 0 Å². The summed E-state index contributed by atoms with van der Waals surface area (Å²) in [7, 11) is 0. The van der Waals surface area contributed by atoms with Gasteiger partial charge in [0.1, 0.15) is 0 Å². The minimum absolute atomic E-state index is 1.01. The van der Waals surface area contributed by atoms with Crippen LogP contribution in [0.15, 0.2) is 65.1 Å². The van der Waals surface area contributed by atoms with Crippen molar-refractivity contribution in [2.45, 2.75) is 0 Å². The van der Waals surface area contributed by atoms with Crippen molar-refractivity contribution in [3.05, 3.63) is 65.1 Å². The summed E-state index contributed by atoms with van der Waals surface area (Å²) in [5.41, 5.74) is 3.18. The maximum Gasteiger partial charge on any atom is 0.0709 e. The average molecular weight is 284 g/mol. The van der Waals surface area contributed by atoms with Crippen molar-refractivity contribution in [2.24, 2.45) is 0 Å². The molecule has 0 fully saturated rings. The molecule has 0 spiro atoms. The smallest absolute Gasteiger partial charge is 0.0709 e. The molecule has 0 unspecified atom stereocenters. The Balaban J connectivity index is 2.14. The first-order valence-corrected chi connectivity index (χ1v) is 6.24. The van der Waals surface area contributed by atoms with Crippen LogP contribution in [0.1, 0.15) is 0 Å². The summed E-state index contributed by atoms with van der Waals surface area (Å²) >= 11 is 3.44. The number of fused-ring (bicyclic) bond motifs is 1. The summed E-state index contributed by atoms with van der Waals surface area (Å²) in [5, 5.41) is 1.17. The first-order valence-electron chi connectivity index (χ1n) is 5.45. The molecule has 0 saturated carbocycles. The van der Waals surface area contributed by atoms with E-state index in [0.717, 1.165) is 21.2 Å². The van der Waals surface area contributed by atoms with Crippen molar-refractivity contribution >= 4 is 26.8 Å². The molecule has 0 radical (unpaired) electrons. The summed E-state index contributed by atoms with van der Waals surface area (Å²) in [5.74, 6) is 0. The molecule has 1 nitrogen and oxygen atoms in total. The standard InChI is InChI=1S/C15H10BrN/c16-13-8-5-12(6-9-13)15-10-7-11-3-1-2-4-14(11)17-15/h1-10H. The van der Waals surface area contributed by atoms with Gasteiger partial charge in [0, 0.05) is 15.4 Å². The quantitative estimate of drug-likeness (QED) is 0.633. The van der Waals surface area contributed by atoms with Gasteiger partial charge < -0.3 is 0 Å². The molecule has 17 heavy (non-hydrogen) atoms. The molecule has 2 heteroatoms. The Labute approximate surface area is 108 Å². The van der Waals surface area contributed by atoms with Crippen LogP contribution in [0.3, 0.4) is 0 Å². The predicted molar refractivity (Wildman–Crippen MR) is 74.9 cm³/mol. The Morgan fingerprint density at radius 3 is 2.35 bits per heavy atom. The molecule has 1 aromatic heterocycles. The third-order valence-corrected chi connectivity index (χ3v) is 3.27. The Bertz CT molecular complexity index is 659. The highest BCUT2D eigenvalue weighted by Crippen LogP contribution is 2.22. The number of aromatic nitrogens is 1. The van der Waals surface area contributed by atoms with Gasteiger partial charge in [-0.25, -0.2) is 4.98 Å². The summed E-state index contributed by atoms with van der Waals surface area (Å²) in [6.07, 6.45) is 0. The van der Waals surface area contributed by atoms with Crippen LogP contribution in [0.25, 0.3) is 22.2 Å². The fourth-order valence-electron chi connectivity index (χ4n) is 1.85.